The monoisotopic (exact) mass is 188 g/mol. The fraction of sp³-hybridized carbons (Fsp3) is 0.111. The number of benzene rings is 1. The van der Waals surface area contributed by atoms with Crippen molar-refractivity contribution in [3.63, 3.8) is 0 Å². The molecule has 2 heteroatoms. The molecule has 0 atom stereocenters. The average molecular weight is 188 g/mol. The van der Waals surface area contributed by atoms with Crippen molar-refractivity contribution in [3.8, 4) is 5.75 Å². The van der Waals surface area contributed by atoms with Gasteiger partial charge >= 0.3 is 0 Å². The van der Waals surface area contributed by atoms with Crippen LogP contribution in [0.2, 0.25) is 0 Å². The van der Waals surface area contributed by atoms with E-state index in [9.17, 15) is 0 Å². The van der Waals surface area contributed by atoms with Gasteiger partial charge in [-0.05, 0) is 12.1 Å². The number of hydrogen-bond donors (Lipinski definition) is 0. The smallest absolute Gasteiger partial charge is 0.126 e. The van der Waals surface area contributed by atoms with Gasteiger partial charge in [0.2, 0.25) is 0 Å². The minimum Gasteiger partial charge on any atom is -0.489 e. The maximum atomic E-state index is 5.34. The molecule has 2 rings (SSSR count). The van der Waals surface area contributed by atoms with E-state index < -0.39 is 0 Å². The van der Waals surface area contributed by atoms with E-state index in [0.29, 0.717) is 6.61 Å². The van der Waals surface area contributed by atoms with Gasteiger partial charge in [-0.15, -0.1) is 0 Å². The predicted octanol–water partition coefficient (Wildman–Crippen LogP) is 2.09. The molecule has 0 radical (unpaired) electrons. The number of ether oxygens (including phenoxy) is 1. The first-order valence-corrected chi connectivity index (χ1v) is 3.35. The minimum atomic E-state index is 0. The van der Waals surface area contributed by atoms with E-state index in [1.165, 1.54) is 5.56 Å². The molecule has 0 aliphatic carbocycles. The molecule has 0 unspecified atom stereocenters. The van der Waals surface area contributed by atoms with Gasteiger partial charge in [-0.25, -0.2) is 0 Å². The summed E-state index contributed by atoms with van der Waals surface area (Å²) >= 11 is 0. The SMILES string of the molecule is C1=Cc2ccccc2OC1.[Fe]. The molecule has 0 N–H and O–H groups in total. The summed E-state index contributed by atoms with van der Waals surface area (Å²) in [7, 11) is 0. The number of rotatable bonds is 0. The summed E-state index contributed by atoms with van der Waals surface area (Å²) in [6, 6.07) is 8.03. The number of hydrogen-bond acceptors (Lipinski definition) is 1. The van der Waals surface area contributed by atoms with Crippen LogP contribution in [0.1, 0.15) is 5.56 Å². The second kappa shape index (κ2) is 3.61. The van der Waals surface area contributed by atoms with E-state index in [0.717, 1.165) is 5.75 Å². The largest absolute Gasteiger partial charge is 0.489 e. The van der Waals surface area contributed by atoms with Crippen LogP contribution in [0.3, 0.4) is 0 Å². The van der Waals surface area contributed by atoms with Crippen molar-refractivity contribution in [3.05, 3.63) is 35.9 Å². The molecular weight excluding hydrogens is 180 g/mol. The third-order valence-corrected chi connectivity index (χ3v) is 1.55. The van der Waals surface area contributed by atoms with Crippen molar-refractivity contribution in [1.29, 1.82) is 0 Å². The van der Waals surface area contributed by atoms with Gasteiger partial charge in [-0.3, -0.25) is 0 Å². The van der Waals surface area contributed by atoms with Gasteiger partial charge in [-0.1, -0.05) is 24.3 Å². The summed E-state index contributed by atoms with van der Waals surface area (Å²) in [5.74, 6) is 0.991. The maximum Gasteiger partial charge on any atom is 0.126 e. The van der Waals surface area contributed by atoms with Gasteiger partial charge in [0.05, 0.1) is 0 Å². The number of fused-ring (bicyclic) bond motifs is 1. The van der Waals surface area contributed by atoms with E-state index in [-0.39, 0.29) is 17.1 Å². The molecular formula is C9H8FeO. The minimum absolute atomic E-state index is 0. The van der Waals surface area contributed by atoms with Crippen molar-refractivity contribution in [1.82, 2.24) is 0 Å². The molecule has 0 amide bonds. The molecule has 0 saturated carbocycles. The Morgan fingerprint density at radius 1 is 1.18 bits per heavy atom. The molecule has 1 heterocycles. The van der Waals surface area contributed by atoms with Crippen molar-refractivity contribution < 1.29 is 21.8 Å². The topological polar surface area (TPSA) is 9.23 Å². The summed E-state index contributed by atoms with van der Waals surface area (Å²) in [5.41, 5.74) is 1.17. The molecule has 11 heavy (non-hydrogen) atoms. The van der Waals surface area contributed by atoms with Crippen LogP contribution in [-0.2, 0) is 17.1 Å². The molecule has 1 aromatic rings. The van der Waals surface area contributed by atoms with Crippen LogP contribution >= 0.6 is 0 Å². The van der Waals surface area contributed by atoms with E-state index >= 15 is 0 Å². The van der Waals surface area contributed by atoms with Crippen LogP contribution in [-0.4, -0.2) is 6.61 Å². The van der Waals surface area contributed by atoms with Crippen LogP contribution in [0.15, 0.2) is 30.3 Å². The maximum absolute atomic E-state index is 5.34. The molecule has 0 spiro atoms. The first kappa shape index (κ1) is 8.38. The zero-order valence-corrected chi connectivity index (χ0v) is 7.04. The van der Waals surface area contributed by atoms with Crippen molar-refractivity contribution in [2.45, 2.75) is 0 Å². The van der Waals surface area contributed by atoms with Gasteiger partial charge in [0.25, 0.3) is 0 Å². The van der Waals surface area contributed by atoms with Crippen LogP contribution in [0.5, 0.6) is 5.75 Å². The van der Waals surface area contributed by atoms with Crippen LogP contribution in [0.4, 0.5) is 0 Å². The van der Waals surface area contributed by atoms with Gasteiger partial charge in [0.1, 0.15) is 12.4 Å². The standard InChI is InChI=1S/C9H8O.Fe/c1-2-6-9-8(4-1)5-3-7-10-9;/h1-6H,7H2;. The Morgan fingerprint density at radius 3 is 2.82 bits per heavy atom. The van der Waals surface area contributed by atoms with Gasteiger partial charge in [0.15, 0.2) is 0 Å². The molecule has 1 aliphatic heterocycles. The first-order valence-electron chi connectivity index (χ1n) is 3.35. The predicted molar refractivity (Wildman–Crippen MR) is 41.0 cm³/mol. The Hall–Kier alpha value is -0.721. The van der Waals surface area contributed by atoms with E-state index in [4.69, 9.17) is 4.74 Å². The molecule has 0 aromatic heterocycles. The Balaban J connectivity index is 0.000000605. The fourth-order valence-electron chi connectivity index (χ4n) is 1.06. The Bertz CT molecular complexity index is 268. The summed E-state index contributed by atoms with van der Waals surface area (Å²) in [5, 5.41) is 0. The molecule has 0 saturated heterocycles. The Labute approximate surface area is 76.5 Å². The Kier molecular flexibility index (Phi) is 2.75. The first-order chi connectivity index (χ1) is 4.97. The fourth-order valence-corrected chi connectivity index (χ4v) is 1.06. The zero-order chi connectivity index (χ0) is 6.81. The van der Waals surface area contributed by atoms with Gasteiger partial charge < -0.3 is 4.74 Å². The quantitative estimate of drug-likeness (QED) is 0.566. The van der Waals surface area contributed by atoms with Crippen molar-refractivity contribution in [2.24, 2.45) is 0 Å². The van der Waals surface area contributed by atoms with Crippen molar-refractivity contribution >= 4 is 6.08 Å². The van der Waals surface area contributed by atoms with Crippen molar-refractivity contribution in [2.75, 3.05) is 6.61 Å². The average Bonchev–Trinajstić information content (AvgIpc) is 2.05. The normalized spacial score (nSPS) is 12.7. The molecule has 0 bridgehead atoms. The third-order valence-electron chi connectivity index (χ3n) is 1.55. The van der Waals surface area contributed by atoms with Crippen LogP contribution in [0, 0.1) is 0 Å². The molecule has 1 aromatic carbocycles. The second-order valence-electron chi connectivity index (χ2n) is 2.25. The molecule has 1 nitrogen and oxygen atoms in total. The van der Waals surface area contributed by atoms with E-state index in [2.05, 4.69) is 6.08 Å². The second-order valence-corrected chi connectivity index (χ2v) is 2.25. The molecule has 0 fully saturated rings. The zero-order valence-electron chi connectivity index (χ0n) is 5.93. The Morgan fingerprint density at radius 2 is 2.00 bits per heavy atom. The molecule has 58 valence electrons. The summed E-state index contributed by atoms with van der Waals surface area (Å²) in [4.78, 5) is 0. The van der Waals surface area contributed by atoms with Gasteiger partial charge in [-0.2, -0.15) is 0 Å². The van der Waals surface area contributed by atoms with Crippen LogP contribution < -0.4 is 4.74 Å². The number of para-hydroxylation sites is 1. The third kappa shape index (κ3) is 1.65. The van der Waals surface area contributed by atoms with Gasteiger partial charge in [0, 0.05) is 22.6 Å². The van der Waals surface area contributed by atoms with Crippen LogP contribution in [0.25, 0.3) is 6.08 Å². The van der Waals surface area contributed by atoms with E-state index in [1.807, 2.05) is 30.3 Å². The summed E-state index contributed by atoms with van der Waals surface area (Å²) in [6.07, 6.45) is 4.10. The molecule has 1 aliphatic rings. The van der Waals surface area contributed by atoms with E-state index in [1.54, 1.807) is 0 Å². The summed E-state index contributed by atoms with van der Waals surface area (Å²) < 4.78 is 5.34. The summed E-state index contributed by atoms with van der Waals surface area (Å²) in [6.45, 7) is 0.705.